The Morgan fingerprint density at radius 1 is 1.24 bits per heavy atom. The van der Waals surface area contributed by atoms with Gasteiger partial charge >= 0.3 is 0 Å². The number of ether oxygens (including phenoxy) is 2. The number of nitrogens with zero attached hydrogens (tertiary/aromatic N) is 2. The van der Waals surface area contributed by atoms with Crippen molar-refractivity contribution in [3.05, 3.63) is 33.7 Å². The van der Waals surface area contributed by atoms with Gasteiger partial charge in [0.1, 0.15) is 18.1 Å². The normalized spacial score (nSPS) is 10.2. The van der Waals surface area contributed by atoms with Crippen LogP contribution in [0.2, 0.25) is 4.47 Å². The van der Waals surface area contributed by atoms with E-state index < -0.39 is 0 Å². The van der Waals surface area contributed by atoms with Gasteiger partial charge in [-0.15, -0.1) is 10.2 Å². The van der Waals surface area contributed by atoms with Crippen molar-refractivity contribution < 1.29 is 9.47 Å². The van der Waals surface area contributed by atoms with Crippen LogP contribution in [0.25, 0.3) is 0 Å². The average Bonchev–Trinajstić information content (AvgIpc) is 2.74. The van der Waals surface area contributed by atoms with E-state index in [1.807, 2.05) is 31.2 Å². The average molecular weight is 271 g/mol. The van der Waals surface area contributed by atoms with Crippen molar-refractivity contribution >= 4 is 22.9 Å². The van der Waals surface area contributed by atoms with Crippen molar-refractivity contribution in [1.29, 1.82) is 0 Å². The molecule has 0 aliphatic heterocycles. The van der Waals surface area contributed by atoms with Gasteiger partial charge in [-0.1, -0.05) is 17.4 Å². The molecule has 2 rings (SSSR count). The summed E-state index contributed by atoms with van der Waals surface area (Å²) in [5, 5.41) is 8.32. The van der Waals surface area contributed by atoms with Crippen molar-refractivity contribution in [2.45, 2.75) is 13.5 Å². The summed E-state index contributed by atoms with van der Waals surface area (Å²) in [7, 11) is 0. The highest BCUT2D eigenvalue weighted by atomic mass is 35.5. The predicted molar refractivity (Wildman–Crippen MR) is 66.9 cm³/mol. The van der Waals surface area contributed by atoms with Gasteiger partial charge in [-0.05, 0) is 30.7 Å². The molecule has 1 aromatic carbocycles. The molecule has 6 heteroatoms. The third-order valence-corrected chi connectivity index (χ3v) is 2.91. The topological polar surface area (TPSA) is 44.2 Å². The summed E-state index contributed by atoms with van der Waals surface area (Å²) in [6.07, 6.45) is 0. The molecule has 0 spiro atoms. The van der Waals surface area contributed by atoms with E-state index in [0.717, 1.165) is 16.5 Å². The monoisotopic (exact) mass is 270 g/mol. The lowest BCUT2D eigenvalue weighted by Gasteiger charge is -2.06. The molecule has 0 saturated heterocycles. The molecule has 17 heavy (non-hydrogen) atoms. The second-order valence-corrected chi connectivity index (χ2v) is 4.79. The molecule has 90 valence electrons. The van der Waals surface area contributed by atoms with E-state index in [1.165, 1.54) is 11.3 Å². The summed E-state index contributed by atoms with van der Waals surface area (Å²) in [5.41, 5.74) is 0. The predicted octanol–water partition coefficient (Wildman–Crippen LogP) is 3.17. The fourth-order valence-electron chi connectivity index (χ4n) is 1.26. The van der Waals surface area contributed by atoms with Gasteiger partial charge in [-0.25, -0.2) is 0 Å². The van der Waals surface area contributed by atoms with E-state index in [2.05, 4.69) is 10.2 Å². The molecule has 4 nitrogen and oxygen atoms in total. The Labute approximate surface area is 108 Å². The van der Waals surface area contributed by atoms with E-state index >= 15 is 0 Å². The molecule has 0 aliphatic rings. The number of benzene rings is 1. The first kappa shape index (κ1) is 12.1. The third kappa shape index (κ3) is 3.57. The zero-order chi connectivity index (χ0) is 12.1. The molecule has 0 saturated carbocycles. The molecular weight excluding hydrogens is 260 g/mol. The minimum Gasteiger partial charge on any atom is -0.494 e. The standard InChI is InChI=1S/C11H11ClN2O2S/c1-2-15-8-4-3-5-9(6-8)16-7-10-13-14-11(12)17-10/h3-6H,2,7H2,1H3. The fourth-order valence-corrected chi connectivity index (χ4v) is 2.04. The van der Waals surface area contributed by atoms with Crippen molar-refractivity contribution in [1.82, 2.24) is 10.2 Å². The largest absolute Gasteiger partial charge is 0.494 e. The molecule has 0 fully saturated rings. The second-order valence-electron chi connectivity index (χ2n) is 3.15. The van der Waals surface area contributed by atoms with Gasteiger partial charge in [0.2, 0.25) is 4.47 Å². The van der Waals surface area contributed by atoms with Crippen LogP contribution in [0, 0.1) is 0 Å². The van der Waals surface area contributed by atoms with Crippen LogP contribution in [0.15, 0.2) is 24.3 Å². The zero-order valence-corrected chi connectivity index (χ0v) is 10.8. The van der Waals surface area contributed by atoms with Crippen LogP contribution < -0.4 is 9.47 Å². The Bertz CT molecular complexity index is 490. The molecule has 1 heterocycles. The first-order valence-corrected chi connectivity index (χ1v) is 6.31. The molecule has 0 aliphatic carbocycles. The summed E-state index contributed by atoms with van der Waals surface area (Å²) >= 11 is 6.99. The summed E-state index contributed by atoms with van der Waals surface area (Å²) in [6.45, 7) is 2.94. The summed E-state index contributed by atoms with van der Waals surface area (Å²) < 4.78 is 11.4. The molecule has 1 aromatic heterocycles. The molecule has 0 amide bonds. The van der Waals surface area contributed by atoms with Crippen molar-refractivity contribution in [2.75, 3.05) is 6.61 Å². The Morgan fingerprint density at radius 2 is 2.00 bits per heavy atom. The van der Waals surface area contributed by atoms with Crippen LogP contribution in [0.5, 0.6) is 11.5 Å². The lowest BCUT2D eigenvalue weighted by molar-refractivity contribution is 0.298. The molecule has 0 radical (unpaired) electrons. The minimum atomic E-state index is 0.361. The number of halogens is 1. The first-order valence-electron chi connectivity index (χ1n) is 5.11. The van der Waals surface area contributed by atoms with Crippen LogP contribution in [0.3, 0.4) is 0 Å². The van der Waals surface area contributed by atoms with Crippen molar-refractivity contribution in [3.63, 3.8) is 0 Å². The Hall–Kier alpha value is -1.33. The fraction of sp³-hybridized carbons (Fsp3) is 0.273. The van der Waals surface area contributed by atoms with Gasteiger partial charge in [0.25, 0.3) is 0 Å². The minimum absolute atomic E-state index is 0.361. The van der Waals surface area contributed by atoms with Gasteiger partial charge in [-0.2, -0.15) is 0 Å². The zero-order valence-electron chi connectivity index (χ0n) is 9.22. The van der Waals surface area contributed by atoms with Gasteiger partial charge in [-0.3, -0.25) is 0 Å². The first-order chi connectivity index (χ1) is 8.28. The Kier molecular flexibility index (Phi) is 4.17. The highest BCUT2D eigenvalue weighted by Crippen LogP contribution is 2.21. The van der Waals surface area contributed by atoms with Crippen molar-refractivity contribution in [3.8, 4) is 11.5 Å². The van der Waals surface area contributed by atoms with Crippen LogP contribution in [0.4, 0.5) is 0 Å². The SMILES string of the molecule is CCOc1cccc(OCc2nnc(Cl)s2)c1. The summed E-state index contributed by atoms with van der Waals surface area (Å²) in [4.78, 5) is 0. The number of hydrogen-bond acceptors (Lipinski definition) is 5. The van der Waals surface area contributed by atoms with Crippen LogP contribution >= 0.6 is 22.9 Å². The van der Waals surface area contributed by atoms with Crippen LogP contribution in [-0.2, 0) is 6.61 Å². The summed E-state index contributed by atoms with van der Waals surface area (Å²) in [5.74, 6) is 1.53. The van der Waals surface area contributed by atoms with E-state index in [9.17, 15) is 0 Å². The van der Waals surface area contributed by atoms with Crippen molar-refractivity contribution in [2.24, 2.45) is 0 Å². The van der Waals surface area contributed by atoms with E-state index in [-0.39, 0.29) is 0 Å². The maximum Gasteiger partial charge on any atom is 0.207 e. The van der Waals surface area contributed by atoms with Crippen LogP contribution in [0.1, 0.15) is 11.9 Å². The van der Waals surface area contributed by atoms with E-state index in [4.69, 9.17) is 21.1 Å². The number of rotatable bonds is 5. The van der Waals surface area contributed by atoms with Gasteiger partial charge in [0.05, 0.1) is 6.61 Å². The van der Waals surface area contributed by atoms with Crippen LogP contribution in [-0.4, -0.2) is 16.8 Å². The van der Waals surface area contributed by atoms with Gasteiger partial charge in [0, 0.05) is 6.07 Å². The lowest BCUT2D eigenvalue weighted by atomic mass is 10.3. The molecule has 2 aromatic rings. The quantitative estimate of drug-likeness (QED) is 0.837. The maximum atomic E-state index is 5.68. The van der Waals surface area contributed by atoms with E-state index in [1.54, 1.807) is 0 Å². The molecular formula is C11H11ClN2O2S. The van der Waals surface area contributed by atoms with Gasteiger partial charge in [0.15, 0.2) is 5.01 Å². The lowest BCUT2D eigenvalue weighted by Crippen LogP contribution is -1.96. The third-order valence-electron chi connectivity index (χ3n) is 1.92. The Balaban J connectivity index is 1.96. The van der Waals surface area contributed by atoms with Gasteiger partial charge < -0.3 is 9.47 Å². The maximum absolute atomic E-state index is 5.68. The Morgan fingerprint density at radius 3 is 2.65 bits per heavy atom. The molecule has 0 N–H and O–H groups in total. The highest BCUT2D eigenvalue weighted by Gasteiger charge is 2.03. The highest BCUT2D eigenvalue weighted by molar-refractivity contribution is 7.15. The molecule has 0 atom stereocenters. The molecule has 0 unspecified atom stereocenters. The summed E-state index contributed by atoms with van der Waals surface area (Å²) in [6, 6.07) is 7.48. The molecule has 0 bridgehead atoms. The number of aromatic nitrogens is 2. The second kappa shape index (κ2) is 5.84. The van der Waals surface area contributed by atoms with E-state index in [0.29, 0.717) is 17.7 Å². The number of hydrogen-bond donors (Lipinski definition) is 0. The smallest absolute Gasteiger partial charge is 0.207 e.